The predicted octanol–water partition coefficient (Wildman–Crippen LogP) is 3.72. The van der Waals surface area contributed by atoms with E-state index >= 15 is 0 Å². The van der Waals surface area contributed by atoms with Crippen LogP contribution in [0.4, 0.5) is 0 Å². The number of fused-ring (bicyclic) bond motifs is 1. The second kappa shape index (κ2) is 8.74. The first-order chi connectivity index (χ1) is 14.2. The van der Waals surface area contributed by atoms with Gasteiger partial charge < -0.3 is 10.2 Å². The topological polar surface area (TPSA) is 63.1 Å². The van der Waals surface area contributed by atoms with Gasteiger partial charge >= 0.3 is 0 Å². The third kappa shape index (κ3) is 3.90. The highest BCUT2D eigenvalue weighted by Crippen LogP contribution is 2.27. The maximum Gasteiger partial charge on any atom is 0.254 e. The van der Waals surface area contributed by atoms with E-state index in [9.17, 15) is 4.79 Å². The number of carbonyl (C=O) groups excluding carboxylic acids is 1. The van der Waals surface area contributed by atoms with E-state index in [1.165, 1.54) is 0 Å². The van der Waals surface area contributed by atoms with Crippen LogP contribution in [0.25, 0.3) is 22.3 Å². The molecule has 6 heteroatoms. The Bertz CT molecular complexity index is 976. The lowest BCUT2D eigenvalue weighted by molar-refractivity contribution is 0.0644. The van der Waals surface area contributed by atoms with Crippen molar-refractivity contribution in [1.29, 1.82) is 0 Å². The molecule has 2 aromatic heterocycles. The molecule has 6 nitrogen and oxygen atoms in total. The number of amides is 1. The Labute approximate surface area is 171 Å². The second-order valence-corrected chi connectivity index (χ2v) is 7.60. The molecule has 0 spiro atoms. The normalized spacial score (nSPS) is 15.0. The fourth-order valence-corrected chi connectivity index (χ4v) is 4.18. The highest BCUT2D eigenvalue weighted by molar-refractivity contribution is 6.06. The van der Waals surface area contributed by atoms with Crippen LogP contribution in [0.1, 0.15) is 43.5 Å². The molecular weight excluding hydrogens is 362 g/mol. The average Bonchev–Trinajstić information content (AvgIpc) is 3.20. The summed E-state index contributed by atoms with van der Waals surface area (Å²) in [7, 11) is 0. The van der Waals surface area contributed by atoms with Gasteiger partial charge in [-0.2, -0.15) is 5.10 Å². The molecule has 0 aliphatic carbocycles. The lowest BCUT2D eigenvalue weighted by Crippen LogP contribution is -2.46. The van der Waals surface area contributed by atoms with Crippen LogP contribution in [-0.4, -0.2) is 51.2 Å². The molecule has 1 N–H and O–H groups in total. The third-order valence-corrected chi connectivity index (χ3v) is 5.68. The highest BCUT2D eigenvalue weighted by atomic mass is 16.2. The summed E-state index contributed by atoms with van der Waals surface area (Å²) in [6.45, 7) is 7.60. The van der Waals surface area contributed by atoms with E-state index in [0.29, 0.717) is 5.56 Å². The van der Waals surface area contributed by atoms with Crippen molar-refractivity contribution in [2.75, 3.05) is 19.6 Å². The molecule has 1 amide bonds. The number of benzene rings is 1. The molecule has 0 bridgehead atoms. The second-order valence-electron chi connectivity index (χ2n) is 7.60. The minimum absolute atomic E-state index is 0.0963. The molecule has 152 valence electrons. The summed E-state index contributed by atoms with van der Waals surface area (Å²) in [5, 5.41) is 8.72. The fraction of sp³-hybridized carbons (Fsp3) is 0.435. The van der Waals surface area contributed by atoms with E-state index in [4.69, 9.17) is 4.98 Å². The van der Waals surface area contributed by atoms with Gasteiger partial charge in [0, 0.05) is 24.7 Å². The Morgan fingerprint density at radius 2 is 1.97 bits per heavy atom. The van der Waals surface area contributed by atoms with Crippen molar-refractivity contribution in [3.8, 4) is 11.3 Å². The molecular formula is C23H29N5O. The van der Waals surface area contributed by atoms with Crippen LogP contribution in [0.5, 0.6) is 0 Å². The fourth-order valence-electron chi connectivity index (χ4n) is 4.18. The molecule has 29 heavy (non-hydrogen) atoms. The first-order valence-electron chi connectivity index (χ1n) is 10.7. The maximum atomic E-state index is 13.8. The number of nitrogens with zero attached hydrogens (tertiary/aromatic N) is 4. The van der Waals surface area contributed by atoms with Crippen LogP contribution in [0.15, 0.2) is 42.6 Å². The first-order valence-corrected chi connectivity index (χ1v) is 10.7. The Balaban J connectivity index is 1.82. The number of nitrogens with one attached hydrogen (secondary N) is 1. The summed E-state index contributed by atoms with van der Waals surface area (Å²) in [5.41, 5.74) is 3.31. The van der Waals surface area contributed by atoms with Crippen molar-refractivity contribution in [2.24, 2.45) is 0 Å². The van der Waals surface area contributed by atoms with Crippen LogP contribution in [0, 0.1) is 0 Å². The molecule has 0 atom stereocenters. The van der Waals surface area contributed by atoms with Gasteiger partial charge in [0.2, 0.25) is 0 Å². The summed E-state index contributed by atoms with van der Waals surface area (Å²) in [5.74, 6) is 0.0963. The van der Waals surface area contributed by atoms with Crippen LogP contribution in [0.3, 0.4) is 0 Å². The molecule has 1 aromatic carbocycles. The lowest BCUT2D eigenvalue weighted by Gasteiger charge is -2.34. The number of piperidine rings is 1. The molecule has 1 aliphatic rings. The number of rotatable bonds is 6. The monoisotopic (exact) mass is 391 g/mol. The van der Waals surface area contributed by atoms with E-state index in [2.05, 4.69) is 22.2 Å². The van der Waals surface area contributed by atoms with Gasteiger partial charge in [0.05, 0.1) is 22.8 Å². The van der Waals surface area contributed by atoms with E-state index in [0.717, 1.165) is 67.7 Å². The average molecular weight is 392 g/mol. The molecule has 0 saturated carbocycles. The van der Waals surface area contributed by atoms with Crippen LogP contribution in [0.2, 0.25) is 0 Å². The number of pyridine rings is 1. The van der Waals surface area contributed by atoms with Gasteiger partial charge in [-0.15, -0.1) is 0 Å². The Kier molecular flexibility index (Phi) is 5.90. The zero-order valence-corrected chi connectivity index (χ0v) is 17.3. The van der Waals surface area contributed by atoms with Gasteiger partial charge in [-0.25, -0.2) is 9.67 Å². The first kappa shape index (κ1) is 19.6. The molecule has 3 heterocycles. The van der Waals surface area contributed by atoms with Gasteiger partial charge in [0.1, 0.15) is 0 Å². The summed E-state index contributed by atoms with van der Waals surface area (Å²) >= 11 is 0. The van der Waals surface area contributed by atoms with Gasteiger partial charge in [-0.1, -0.05) is 37.3 Å². The highest BCUT2D eigenvalue weighted by Gasteiger charge is 2.28. The van der Waals surface area contributed by atoms with Gasteiger partial charge in [0.25, 0.3) is 5.91 Å². The van der Waals surface area contributed by atoms with E-state index in [1.807, 2.05) is 48.0 Å². The zero-order chi connectivity index (χ0) is 20.2. The Morgan fingerprint density at radius 3 is 2.66 bits per heavy atom. The molecule has 3 aromatic rings. The van der Waals surface area contributed by atoms with Gasteiger partial charge in [-0.3, -0.25) is 4.79 Å². The molecule has 0 radical (unpaired) electrons. The minimum atomic E-state index is 0.0963. The Hall–Kier alpha value is -2.73. The number of aryl methyl sites for hydroxylation is 1. The smallest absolute Gasteiger partial charge is 0.254 e. The van der Waals surface area contributed by atoms with Gasteiger partial charge in [0.15, 0.2) is 5.65 Å². The third-order valence-electron chi connectivity index (χ3n) is 5.68. The molecule has 1 saturated heterocycles. The number of carbonyl (C=O) groups is 1. The molecule has 1 aliphatic heterocycles. The minimum Gasteiger partial charge on any atom is -0.336 e. The van der Waals surface area contributed by atoms with Crippen molar-refractivity contribution < 1.29 is 4.79 Å². The molecule has 4 rings (SSSR count). The van der Waals surface area contributed by atoms with Crippen LogP contribution < -0.4 is 5.32 Å². The summed E-state index contributed by atoms with van der Waals surface area (Å²) in [6, 6.07) is 12.3. The van der Waals surface area contributed by atoms with Crippen molar-refractivity contribution in [1.82, 2.24) is 25.0 Å². The van der Waals surface area contributed by atoms with E-state index < -0.39 is 0 Å². The van der Waals surface area contributed by atoms with Crippen molar-refractivity contribution in [2.45, 2.75) is 45.7 Å². The number of aromatic nitrogens is 3. The zero-order valence-electron chi connectivity index (χ0n) is 17.3. The van der Waals surface area contributed by atoms with Crippen LogP contribution in [-0.2, 0) is 6.54 Å². The molecule has 0 unspecified atom stereocenters. The predicted molar refractivity (Wildman–Crippen MR) is 116 cm³/mol. The van der Waals surface area contributed by atoms with Crippen molar-refractivity contribution >= 4 is 16.9 Å². The summed E-state index contributed by atoms with van der Waals surface area (Å²) in [4.78, 5) is 20.7. The maximum absolute atomic E-state index is 13.8. The summed E-state index contributed by atoms with van der Waals surface area (Å²) < 4.78 is 1.87. The Morgan fingerprint density at radius 1 is 1.21 bits per heavy atom. The van der Waals surface area contributed by atoms with Crippen LogP contribution >= 0.6 is 0 Å². The SMILES string of the molecule is CCCN(C(=O)c1cc(-c2ccccc2)nc2c1cnn2CC)C1CCNCC1. The summed E-state index contributed by atoms with van der Waals surface area (Å²) in [6.07, 6.45) is 4.74. The van der Waals surface area contributed by atoms with Gasteiger partial charge in [-0.05, 0) is 45.3 Å². The van der Waals surface area contributed by atoms with Crippen molar-refractivity contribution in [3.63, 3.8) is 0 Å². The number of hydrogen-bond donors (Lipinski definition) is 1. The lowest BCUT2D eigenvalue weighted by atomic mass is 10.0. The van der Waals surface area contributed by atoms with E-state index in [-0.39, 0.29) is 11.9 Å². The van der Waals surface area contributed by atoms with E-state index in [1.54, 1.807) is 6.20 Å². The quantitative estimate of drug-likeness (QED) is 0.696. The standard InChI is InChI=1S/C23H29N5O/c1-3-14-27(18-10-12-24-13-11-18)23(29)19-15-21(17-8-6-5-7-9-17)26-22-20(19)16-25-28(22)4-2/h5-9,15-16,18,24H,3-4,10-14H2,1-2H3. The molecule has 1 fully saturated rings. The van der Waals surface area contributed by atoms with Crippen molar-refractivity contribution in [3.05, 3.63) is 48.2 Å². The largest absolute Gasteiger partial charge is 0.336 e. The number of hydrogen-bond acceptors (Lipinski definition) is 4.